The summed E-state index contributed by atoms with van der Waals surface area (Å²) in [5.41, 5.74) is 20.3. The standard InChI is InChI=1S/C62H51BN2S2/c1-60(2,3)38-22-24-39(25-23-38)65-51-33-48-47(61(4,5)28-29-62(48,6)7)31-44(51)41-26-27-42-43-30-45-40-20-14-15-21-53(40)66-55(45)35-50(43)64-52-32-46-54(34-49(52)63(65)57(41)58(42)64)67-59(37-18-12-9-13-19-37)56(46)36-16-10-8-11-17-36/h8-27,30-35H,28-29H2,1-7H3. The molecule has 67 heavy (non-hydrogen) atoms. The summed E-state index contributed by atoms with van der Waals surface area (Å²) >= 11 is 3.86. The molecule has 0 unspecified atom stereocenters. The van der Waals surface area contributed by atoms with Crippen molar-refractivity contribution in [2.45, 2.75) is 77.6 Å². The number of hydrogen-bond acceptors (Lipinski definition) is 3. The van der Waals surface area contributed by atoms with Gasteiger partial charge in [-0.25, -0.2) is 0 Å². The van der Waals surface area contributed by atoms with Crippen LogP contribution < -0.4 is 15.7 Å². The molecule has 0 N–H and O–H groups in total. The van der Waals surface area contributed by atoms with E-state index < -0.39 is 0 Å². The summed E-state index contributed by atoms with van der Waals surface area (Å²) in [6.45, 7) is 16.8. The fourth-order valence-electron chi connectivity index (χ4n) is 12.3. The summed E-state index contributed by atoms with van der Waals surface area (Å²) in [5, 5.41) is 6.63. The Morgan fingerprint density at radius 3 is 1.93 bits per heavy atom. The summed E-state index contributed by atoms with van der Waals surface area (Å²) in [5.74, 6) is 0. The van der Waals surface area contributed by atoms with Gasteiger partial charge in [-0.1, -0.05) is 152 Å². The van der Waals surface area contributed by atoms with E-state index in [1.807, 2.05) is 22.7 Å². The minimum absolute atomic E-state index is 0.0426. The maximum atomic E-state index is 2.75. The minimum atomic E-state index is -0.0648. The van der Waals surface area contributed by atoms with Crippen LogP contribution in [0.15, 0.2) is 158 Å². The maximum absolute atomic E-state index is 2.75. The zero-order valence-electron chi connectivity index (χ0n) is 39.2. The fourth-order valence-corrected chi connectivity index (χ4v) is 14.7. The molecule has 8 aromatic carbocycles. The highest BCUT2D eigenvalue weighted by atomic mass is 32.1. The van der Waals surface area contributed by atoms with Gasteiger partial charge < -0.3 is 9.38 Å². The number of thiophene rings is 2. The summed E-state index contributed by atoms with van der Waals surface area (Å²) in [4.78, 5) is 4.07. The Labute approximate surface area is 401 Å². The highest BCUT2D eigenvalue weighted by Gasteiger charge is 2.47. The Balaban J connectivity index is 1.16. The van der Waals surface area contributed by atoms with Gasteiger partial charge >= 0.3 is 6.85 Å². The molecule has 5 heteroatoms. The van der Waals surface area contributed by atoms with Gasteiger partial charge in [-0.15, -0.1) is 22.7 Å². The zero-order chi connectivity index (χ0) is 45.3. The average Bonchev–Trinajstić information content (AvgIpc) is 4.00. The van der Waals surface area contributed by atoms with E-state index in [1.54, 1.807) is 0 Å². The SMILES string of the molecule is CC(C)(C)c1ccc(N2B3c4cc5sc(-c6ccccc6)c(-c6ccccc6)c5cc4-n4c5cc6sc7ccccc7c6cc5c5ccc(c3c54)-c3cc4c(cc32)C(C)(C)CCC4(C)C)cc1. The monoisotopic (exact) mass is 898 g/mol. The van der Waals surface area contributed by atoms with Crippen molar-refractivity contribution in [1.29, 1.82) is 0 Å². The fraction of sp³-hybridized carbons (Fsp3) is 0.194. The molecule has 2 aliphatic heterocycles. The van der Waals surface area contributed by atoms with Gasteiger partial charge in [0.1, 0.15) is 0 Å². The van der Waals surface area contributed by atoms with Crippen LogP contribution in [0.25, 0.3) is 90.4 Å². The van der Waals surface area contributed by atoms with Gasteiger partial charge in [0.05, 0.1) is 11.0 Å². The van der Waals surface area contributed by atoms with Crippen LogP contribution in [0.2, 0.25) is 0 Å². The van der Waals surface area contributed by atoms with Crippen molar-refractivity contribution in [2.24, 2.45) is 0 Å². The summed E-state index contributed by atoms with van der Waals surface area (Å²) in [6, 6.07) is 61.1. The van der Waals surface area contributed by atoms with Crippen molar-refractivity contribution in [1.82, 2.24) is 4.57 Å². The molecule has 5 heterocycles. The highest BCUT2D eigenvalue weighted by Crippen LogP contribution is 2.54. The van der Waals surface area contributed by atoms with E-state index in [0.717, 1.165) is 0 Å². The maximum Gasteiger partial charge on any atom is 0.333 e. The van der Waals surface area contributed by atoms with Crippen molar-refractivity contribution >= 4 is 104 Å². The van der Waals surface area contributed by atoms with Crippen molar-refractivity contribution in [3.63, 3.8) is 0 Å². The Hall–Kier alpha value is -6.40. The molecule has 0 fully saturated rings. The lowest BCUT2D eigenvalue weighted by atomic mass is 9.43. The molecule has 0 bridgehead atoms. The van der Waals surface area contributed by atoms with Crippen LogP contribution >= 0.6 is 22.7 Å². The molecular weight excluding hydrogens is 848 g/mol. The van der Waals surface area contributed by atoms with Crippen LogP contribution in [0.1, 0.15) is 78.0 Å². The van der Waals surface area contributed by atoms with E-state index in [0.29, 0.717) is 0 Å². The zero-order valence-corrected chi connectivity index (χ0v) is 40.8. The Kier molecular flexibility index (Phi) is 8.08. The van der Waals surface area contributed by atoms with Gasteiger partial charge in [-0.3, -0.25) is 0 Å². The first kappa shape index (κ1) is 39.7. The predicted octanol–water partition coefficient (Wildman–Crippen LogP) is 16.6. The van der Waals surface area contributed by atoms with E-state index >= 15 is 0 Å². The molecule has 0 amide bonds. The van der Waals surface area contributed by atoms with Crippen LogP contribution in [0.3, 0.4) is 0 Å². The number of hydrogen-bond donors (Lipinski definition) is 0. The summed E-state index contributed by atoms with van der Waals surface area (Å²) in [6.07, 6.45) is 2.35. The van der Waals surface area contributed by atoms with Gasteiger partial charge in [0, 0.05) is 74.1 Å². The second-order valence-corrected chi connectivity index (χ2v) is 24.1. The van der Waals surface area contributed by atoms with Gasteiger partial charge in [-0.05, 0) is 128 Å². The molecule has 11 aromatic rings. The molecule has 0 spiro atoms. The molecule has 0 radical (unpaired) electrons. The van der Waals surface area contributed by atoms with E-state index in [2.05, 4.69) is 216 Å². The van der Waals surface area contributed by atoms with Crippen LogP contribution in [0.4, 0.5) is 11.4 Å². The second-order valence-electron chi connectivity index (χ2n) is 21.9. The Morgan fingerprint density at radius 2 is 1.19 bits per heavy atom. The number of rotatable bonds is 3. The van der Waals surface area contributed by atoms with Crippen molar-refractivity contribution in [3.05, 3.63) is 174 Å². The topological polar surface area (TPSA) is 8.17 Å². The van der Waals surface area contributed by atoms with E-state index in [4.69, 9.17) is 0 Å². The molecule has 0 saturated carbocycles. The first-order valence-electron chi connectivity index (χ1n) is 24.1. The van der Waals surface area contributed by atoms with Crippen molar-refractivity contribution in [3.8, 4) is 38.4 Å². The summed E-state index contributed by atoms with van der Waals surface area (Å²) < 4.78 is 6.68. The van der Waals surface area contributed by atoms with Crippen molar-refractivity contribution < 1.29 is 0 Å². The third-order valence-electron chi connectivity index (χ3n) is 16.0. The van der Waals surface area contributed by atoms with Gasteiger partial charge in [0.25, 0.3) is 0 Å². The number of anilines is 2. The number of aromatic nitrogens is 1. The Bertz CT molecular complexity index is 3900. The van der Waals surface area contributed by atoms with Crippen LogP contribution in [0, 0.1) is 0 Å². The van der Waals surface area contributed by atoms with Gasteiger partial charge in [0.2, 0.25) is 0 Å². The molecule has 0 saturated heterocycles. The quantitative estimate of drug-likeness (QED) is 0.160. The van der Waals surface area contributed by atoms with Crippen LogP contribution in [0.5, 0.6) is 0 Å². The first-order valence-corrected chi connectivity index (χ1v) is 25.7. The Morgan fingerprint density at radius 1 is 0.522 bits per heavy atom. The van der Waals surface area contributed by atoms with E-state index in [1.165, 1.54) is 142 Å². The number of fused-ring (bicyclic) bond motifs is 13. The lowest BCUT2D eigenvalue weighted by Crippen LogP contribution is -2.60. The molecule has 324 valence electrons. The normalized spacial score (nSPS) is 15.7. The van der Waals surface area contributed by atoms with E-state index in [-0.39, 0.29) is 23.1 Å². The van der Waals surface area contributed by atoms with Crippen LogP contribution in [-0.2, 0) is 16.2 Å². The van der Waals surface area contributed by atoms with Crippen LogP contribution in [-0.4, -0.2) is 11.4 Å². The first-order chi connectivity index (χ1) is 32.3. The minimum Gasteiger partial charge on any atom is -0.376 e. The smallest absolute Gasteiger partial charge is 0.333 e. The highest BCUT2D eigenvalue weighted by molar-refractivity contribution is 7.26. The average molecular weight is 899 g/mol. The lowest BCUT2D eigenvalue weighted by molar-refractivity contribution is 0.332. The van der Waals surface area contributed by atoms with Crippen molar-refractivity contribution in [2.75, 3.05) is 4.81 Å². The predicted molar refractivity (Wildman–Crippen MR) is 293 cm³/mol. The van der Waals surface area contributed by atoms with E-state index in [9.17, 15) is 0 Å². The number of benzene rings is 8. The number of nitrogens with zero attached hydrogens (tertiary/aromatic N) is 2. The molecule has 3 aliphatic rings. The largest absolute Gasteiger partial charge is 0.376 e. The third kappa shape index (κ3) is 5.56. The molecule has 2 nitrogen and oxygen atoms in total. The molecule has 0 atom stereocenters. The molecule has 14 rings (SSSR count). The lowest BCUT2D eigenvalue weighted by Gasteiger charge is -2.46. The third-order valence-corrected chi connectivity index (χ3v) is 18.3. The molecule has 1 aliphatic carbocycles. The van der Waals surface area contributed by atoms with Gasteiger partial charge in [0.15, 0.2) is 0 Å². The molecule has 3 aromatic heterocycles. The second kappa shape index (κ2) is 13.6. The summed E-state index contributed by atoms with van der Waals surface area (Å²) in [7, 11) is 0. The van der Waals surface area contributed by atoms with Gasteiger partial charge in [-0.2, -0.15) is 0 Å². The molecular formula is C62H51BN2S2.